The molecule has 0 bridgehead atoms. The van der Waals surface area contributed by atoms with Gasteiger partial charge in [0.05, 0.1) is 11.8 Å². The van der Waals surface area contributed by atoms with Crippen LogP contribution in [0.2, 0.25) is 0 Å². The average molecular weight is 1050 g/mol. The summed E-state index contributed by atoms with van der Waals surface area (Å²) in [6.07, 6.45) is -11.6. The van der Waals surface area contributed by atoms with E-state index in [2.05, 4.69) is 0 Å². The van der Waals surface area contributed by atoms with Crippen LogP contribution in [0.3, 0.4) is 0 Å². The fourth-order valence-electron chi connectivity index (χ4n) is 9.75. The summed E-state index contributed by atoms with van der Waals surface area (Å²) >= 11 is 6.97. The maximum atomic E-state index is 15.1. The lowest BCUT2D eigenvalue weighted by molar-refractivity contribution is -0.454. The van der Waals surface area contributed by atoms with Crippen molar-refractivity contribution in [2.45, 2.75) is 119 Å². The summed E-state index contributed by atoms with van der Waals surface area (Å²) in [7, 11) is 0. The van der Waals surface area contributed by atoms with Gasteiger partial charge in [-0.2, -0.15) is 83.6 Å². The third kappa shape index (κ3) is 8.58. The summed E-state index contributed by atoms with van der Waals surface area (Å²) in [4.78, 5) is 1.13. The van der Waals surface area contributed by atoms with Gasteiger partial charge >= 0.3 is 47.9 Å². The fourth-order valence-corrected chi connectivity index (χ4v) is 10.1. The molecule has 0 spiro atoms. The molecule has 1 aliphatic carbocycles. The molecule has 71 heavy (non-hydrogen) atoms. The lowest BCUT2D eigenvalue weighted by Gasteiger charge is -2.35. The Bertz CT molecular complexity index is 2910. The van der Waals surface area contributed by atoms with E-state index in [1.165, 1.54) is 36.4 Å². The SMILES string of the molecule is CC1(C)C(/C=C/C2=C(Cl)C(=C/C=C3\N(CCC(F)(F)C(F)(F)C(F)(F)C(F)(F)F)c4ccc5ccccc5c4C3(C)C)/CCC2)=[N+](CCC(F)(F)C(F)(F)C(F)(F)C(F)(F)F)c2ccc3ccccc3c21. The van der Waals surface area contributed by atoms with E-state index >= 15 is 17.6 Å². The van der Waals surface area contributed by atoms with Crippen LogP contribution in [0, 0.1) is 0 Å². The van der Waals surface area contributed by atoms with Gasteiger partial charge in [-0.05, 0) is 89.6 Å². The molecule has 384 valence electrons. The van der Waals surface area contributed by atoms with Crippen LogP contribution in [-0.2, 0) is 10.8 Å². The van der Waals surface area contributed by atoms with Crippen LogP contribution in [0.5, 0.6) is 0 Å². The van der Waals surface area contributed by atoms with Gasteiger partial charge < -0.3 is 4.90 Å². The molecule has 0 fully saturated rings. The Morgan fingerprint density at radius 3 is 1.62 bits per heavy atom. The molecule has 2 nitrogen and oxygen atoms in total. The molecule has 0 unspecified atom stereocenters. The normalized spacial score (nSPS) is 19.6. The number of allylic oxidation sites excluding steroid dienone is 8. The van der Waals surface area contributed by atoms with E-state index in [0.717, 1.165) is 9.48 Å². The van der Waals surface area contributed by atoms with Crippen molar-refractivity contribution in [2.24, 2.45) is 0 Å². The number of rotatable bonds is 13. The molecule has 21 heteroatoms. The summed E-state index contributed by atoms with van der Waals surface area (Å²) in [5.74, 6) is -39.6. The van der Waals surface area contributed by atoms with Gasteiger partial charge in [0.25, 0.3) is 0 Å². The third-order valence-electron chi connectivity index (χ3n) is 13.6. The molecule has 0 N–H and O–H groups in total. The number of hydrogen-bond acceptors (Lipinski definition) is 1. The van der Waals surface area contributed by atoms with Gasteiger partial charge in [-0.15, -0.1) is 0 Å². The molecule has 0 atom stereocenters. The first kappa shape index (κ1) is 53.7. The van der Waals surface area contributed by atoms with Gasteiger partial charge in [0, 0.05) is 52.5 Å². The van der Waals surface area contributed by atoms with Crippen molar-refractivity contribution in [1.29, 1.82) is 0 Å². The van der Waals surface area contributed by atoms with Gasteiger partial charge in [-0.3, -0.25) is 0 Å². The quantitative estimate of drug-likeness (QED) is 0.0955. The zero-order valence-corrected chi connectivity index (χ0v) is 38.5. The second kappa shape index (κ2) is 17.5. The predicted octanol–water partition coefficient (Wildman–Crippen LogP) is 16.9. The first-order chi connectivity index (χ1) is 32.5. The molecule has 0 saturated heterocycles. The smallest absolute Gasteiger partial charge is 0.344 e. The Morgan fingerprint density at radius 2 is 1.07 bits per heavy atom. The Hall–Kier alpha value is -5.14. The molecule has 2 aliphatic heterocycles. The highest BCUT2D eigenvalue weighted by molar-refractivity contribution is 6.32. The monoisotopic (exact) mass is 1050 g/mol. The zero-order chi connectivity index (χ0) is 52.9. The molecule has 0 radical (unpaired) electrons. The Kier molecular flexibility index (Phi) is 13.2. The van der Waals surface area contributed by atoms with Gasteiger partial charge in [0.1, 0.15) is 0 Å². The van der Waals surface area contributed by atoms with Crippen molar-refractivity contribution in [3.63, 3.8) is 0 Å². The van der Waals surface area contributed by atoms with Gasteiger partial charge in [0.15, 0.2) is 12.3 Å². The van der Waals surface area contributed by atoms with Crippen LogP contribution in [0.15, 0.2) is 119 Å². The number of alkyl halides is 18. The number of hydrogen-bond donors (Lipinski definition) is 0. The van der Waals surface area contributed by atoms with Crippen LogP contribution in [0.1, 0.15) is 70.9 Å². The van der Waals surface area contributed by atoms with Crippen molar-refractivity contribution >= 4 is 50.2 Å². The minimum absolute atomic E-state index is 0.0988. The van der Waals surface area contributed by atoms with Gasteiger partial charge in [-0.1, -0.05) is 92.2 Å². The topological polar surface area (TPSA) is 6.25 Å². The second-order valence-corrected chi connectivity index (χ2v) is 19.2. The van der Waals surface area contributed by atoms with Crippen LogP contribution in [0.25, 0.3) is 21.5 Å². The molecular weight excluding hydrogens is 1010 g/mol. The maximum Gasteiger partial charge on any atom is 0.460 e. The molecule has 4 aromatic rings. The lowest BCUT2D eigenvalue weighted by atomic mass is 9.78. The van der Waals surface area contributed by atoms with Crippen LogP contribution >= 0.6 is 11.6 Å². The van der Waals surface area contributed by atoms with E-state index in [9.17, 15) is 61.5 Å². The summed E-state index contributed by atoms with van der Waals surface area (Å²) < 4.78 is 253. The largest absolute Gasteiger partial charge is 0.460 e. The Balaban J connectivity index is 1.28. The van der Waals surface area contributed by atoms with E-state index in [1.54, 1.807) is 88.4 Å². The van der Waals surface area contributed by atoms with E-state index in [0.29, 0.717) is 50.2 Å². The van der Waals surface area contributed by atoms with Gasteiger partial charge in [0.2, 0.25) is 5.69 Å². The van der Waals surface area contributed by atoms with E-state index in [-0.39, 0.29) is 40.7 Å². The van der Waals surface area contributed by atoms with Crippen LogP contribution in [-0.4, -0.2) is 71.3 Å². The molecule has 7 rings (SSSR count). The highest BCUT2D eigenvalue weighted by atomic mass is 35.5. The number of fused-ring (bicyclic) bond motifs is 6. The maximum absolute atomic E-state index is 15.1. The molecule has 0 aromatic heterocycles. The van der Waals surface area contributed by atoms with Crippen molar-refractivity contribution in [2.75, 3.05) is 18.0 Å². The highest BCUT2D eigenvalue weighted by Crippen LogP contribution is 2.57. The zero-order valence-electron chi connectivity index (χ0n) is 37.8. The molecule has 2 heterocycles. The van der Waals surface area contributed by atoms with E-state index in [1.807, 2.05) is 0 Å². The van der Waals surface area contributed by atoms with Crippen molar-refractivity contribution in [1.82, 2.24) is 0 Å². The lowest BCUT2D eigenvalue weighted by Crippen LogP contribution is -2.61. The van der Waals surface area contributed by atoms with Crippen LogP contribution in [0.4, 0.5) is 90.4 Å². The summed E-state index contributed by atoms with van der Waals surface area (Å²) in [6.45, 7) is 4.32. The highest BCUT2D eigenvalue weighted by Gasteiger charge is 2.82. The number of anilines is 1. The number of nitrogens with zero attached hydrogens (tertiary/aromatic N) is 2. The van der Waals surface area contributed by atoms with Gasteiger partial charge in [-0.25, -0.2) is 0 Å². The summed E-state index contributed by atoms with van der Waals surface area (Å²) in [5, 5.41) is 2.62. The summed E-state index contributed by atoms with van der Waals surface area (Å²) in [6, 6.07) is 19.7. The predicted molar refractivity (Wildman–Crippen MR) is 234 cm³/mol. The molecule has 0 saturated carbocycles. The molecule has 4 aromatic carbocycles. The Labute approximate surface area is 399 Å². The first-order valence-electron chi connectivity index (χ1n) is 21.8. The standard InChI is InChI=1S/C50H42ClF18N2/c1-41(2)36(70(34-20-16-28-10-5-7-14-32(28)38(34)41)26-24-43(52,53)45(56,57)47(60,61)49(64,65)66)22-18-30-12-9-13-31(40(30)51)19-23-37-42(3,4)39-33-15-8-6-11-29(33)17-21-35(39)71(37)27-25-44(54,55)46(58,59)48(62,63)50(67,68)69/h5-8,10-11,14-23H,9,12-13,24-27H2,1-4H3/q+1. The second-order valence-electron chi connectivity index (χ2n) is 18.8. The van der Waals surface area contributed by atoms with E-state index < -0.39 is 84.6 Å². The molecule has 3 aliphatic rings. The third-order valence-corrected chi connectivity index (χ3v) is 14.1. The average Bonchev–Trinajstić information content (AvgIpc) is 3.63. The minimum Gasteiger partial charge on any atom is -0.344 e. The number of benzene rings is 4. The minimum atomic E-state index is -7.09. The van der Waals surface area contributed by atoms with Crippen molar-refractivity contribution in [3.05, 3.63) is 130 Å². The van der Waals surface area contributed by atoms with Crippen molar-refractivity contribution in [3.8, 4) is 0 Å². The molecule has 0 amide bonds. The van der Waals surface area contributed by atoms with Crippen molar-refractivity contribution < 1.29 is 83.6 Å². The number of halogens is 19. The first-order valence-corrected chi connectivity index (χ1v) is 22.2. The van der Waals surface area contributed by atoms with E-state index in [4.69, 9.17) is 11.6 Å². The fraction of sp³-hybridized carbons (Fsp3) is 0.420. The van der Waals surface area contributed by atoms with Crippen LogP contribution < -0.4 is 4.90 Å². The molecular formula is C50H42ClF18N2+. The Morgan fingerprint density at radius 1 is 0.563 bits per heavy atom. The summed E-state index contributed by atoms with van der Waals surface area (Å²) in [5.41, 5.74) is 0.114.